The molecule has 2 rings (SSSR count). The molecule has 132 valence electrons. The van der Waals surface area contributed by atoms with Gasteiger partial charge < -0.3 is 20.3 Å². The molecule has 0 fully saturated rings. The number of phenols is 1. The van der Waals surface area contributed by atoms with Crippen LogP contribution in [0.3, 0.4) is 0 Å². The zero-order chi connectivity index (χ0) is 18.4. The smallest absolute Gasteiger partial charge is 0.335 e. The van der Waals surface area contributed by atoms with Gasteiger partial charge in [-0.2, -0.15) is 0 Å². The summed E-state index contributed by atoms with van der Waals surface area (Å²) in [7, 11) is 0. The van der Waals surface area contributed by atoms with Crippen LogP contribution < -0.4 is 10.1 Å². The van der Waals surface area contributed by atoms with E-state index in [4.69, 9.17) is 33.0 Å². The lowest BCUT2D eigenvalue weighted by atomic mass is 10.2. The summed E-state index contributed by atoms with van der Waals surface area (Å²) in [6.45, 7) is 0.276. The first-order chi connectivity index (χ1) is 11.9. The maximum Gasteiger partial charge on any atom is 0.335 e. The number of aromatic carboxylic acids is 1. The van der Waals surface area contributed by atoms with Gasteiger partial charge in [-0.3, -0.25) is 4.79 Å². The lowest BCUT2D eigenvalue weighted by Crippen LogP contribution is -2.13. The SMILES string of the molecule is O=C(CCCOc1ccc(Cl)cc1Cl)Nc1ccc(C(=O)O)cc1O. The lowest BCUT2D eigenvalue weighted by Gasteiger charge is -2.09. The standard InChI is InChI=1S/C17H15Cl2NO5/c18-11-4-6-15(12(19)9-11)25-7-1-2-16(22)20-13-5-3-10(17(23)24)8-14(13)21/h3-6,8-9,21H,1-2,7H2,(H,20,22)(H,23,24). The van der Waals surface area contributed by atoms with Crippen LogP contribution in [-0.2, 0) is 4.79 Å². The van der Waals surface area contributed by atoms with Gasteiger partial charge >= 0.3 is 5.97 Å². The molecule has 0 aliphatic carbocycles. The number of carboxylic acid groups (broad SMARTS) is 1. The van der Waals surface area contributed by atoms with E-state index in [0.717, 1.165) is 6.07 Å². The van der Waals surface area contributed by atoms with Crippen molar-refractivity contribution in [2.45, 2.75) is 12.8 Å². The van der Waals surface area contributed by atoms with Gasteiger partial charge in [-0.25, -0.2) is 4.79 Å². The second kappa shape index (κ2) is 8.60. The van der Waals surface area contributed by atoms with Gasteiger partial charge in [0.25, 0.3) is 0 Å². The largest absolute Gasteiger partial charge is 0.506 e. The summed E-state index contributed by atoms with van der Waals surface area (Å²) in [4.78, 5) is 22.7. The summed E-state index contributed by atoms with van der Waals surface area (Å²) in [6, 6.07) is 8.56. The maximum absolute atomic E-state index is 11.9. The first-order valence-electron chi connectivity index (χ1n) is 7.31. The molecular weight excluding hydrogens is 369 g/mol. The fraction of sp³-hybridized carbons (Fsp3) is 0.176. The Morgan fingerprint density at radius 3 is 2.52 bits per heavy atom. The monoisotopic (exact) mass is 383 g/mol. The number of hydrogen-bond donors (Lipinski definition) is 3. The summed E-state index contributed by atoms with van der Waals surface area (Å²) < 4.78 is 5.47. The summed E-state index contributed by atoms with van der Waals surface area (Å²) in [5.74, 6) is -1.32. The van der Waals surface area contributed by atoms with E-state index in [2.05, 4.69) is 5.32 Å². The second-order valence-electron chi connectivity index (χ2n) is 5.11. The van der Waals surface area contributed by atoms with Gasteiger partial charge in [-0.05, 0) is 42.8 Å². The Kier molecular flexibility index (Phi) is 6.50. The Bertz CT molecular complexity index is 795. The van der Waals surface area contributed by atoms with Gasteiger partial charge in [0.15, 0.2) is 0 Å². The maximum atomic E-state index is 11.9. The van der Waals surface area contributed by atoms with E-state index in [1.165, 1.54) is 12.1 Å². The van der Waals surface area contributed by atoms with E-state index in [1.54, 1.807) is 18.2 Å². The van der Waals surface area contributed by atoms with Gasteiger partial charge in [-0.1, -0.05) is 23.2 Å². The van der Waals surface area contributed by atoms with Crippen molar-refractivity contribution >= 4 is 40.8 Å². The minimum atomic E-state index is -1.16. The van der Waals surface area contributed by atoms with E-state index in [0.29, 0.717) is 22.2 Å². The van der Waals surface area contributed by atoms with Crippen molar-refractivity contribution < 1.29 is 24.5 Å². The molecule has 0 spiro atoms. The number of halogens is 2. The van der Waals surface area contributed by atoms with E-state index < -0.39 is 5.97 Å². The van der Waals surface area contributed by atoms with Crippen molar-refractivity contribution in [3.63, 3.8) is 0 Å². The predicted molar refractivity (Wildman–Crippen MR) is 94.9 cm³/mol. The Morgan fingerprint density at radius 1 is 1.12 bits per heavy atom. The van der Waals surface area contributed by atoms with Gasteiger partial charge in [-0.15, -0.1) is 0 Å². The molecule has 8 heteroatoms. The van der Waals surface area contributed by atoms with Crippen LogP contribution in [0.25, 0.3) is 0 Å². The molecule has 0 aromatic heterocycles. The number of phenolic OH excluding ortho intramolecular Hbond substituents is 1. The highest BCUT2D eigenvalue weighted by atomic mass is 35.5. The third kappa shape index (κ3) is 5.55. The number of benzene rings is 2. The first kappa shape index (κ1) is 18.9. The normalized spacial score (nSPS) is 10.3. The number of rotatable bonds is 7. The average Bonchev–Trinajstić information content (AvgIpc) is 2.55. The molecule has 0 aliphatic heterocycles. The van der Waals surface area contributed by atoms with Gasteiger partial charge in [0.05, 0.1) is 22.9 Å². The molecule has 0 aliphatic rings. The lowest BCUT2D eigenvalue weighted by molar-refractivity contribution is -0.116. The highest BCUT2D eigenvalue weighted by Gasteiger charge is 2.10. The quantitative estimate of drug-likeness (QED) is 0.491. The molecule has 0 saturated carbocycles. The van der Waals surface area contributed by atoms with Crippen molar-refractivity contribution in [2.24, 2.45) is 0 Å². The third-order valence-corrected chi connectivity index (χ3v) is 3.75. The van der Waals surface area contributed by atoms with Crippen LogP contribution in [-0.4, -0.2) is 28.7 Å². The number of nitrogens with one attached hydrogen (secondary N) is 1. The number of ether oxygens (including phenoxy) is 1. The number of hydrogen-bond acceptors (Lipinski definition) is 4. The highest BCUT2D eigenvalue weighted by Crippen LogP contribution is 2.28. The Balaban J connectivity index is 1.80. The van der Waals surface area contributed by atoms with Gasteiger partial charge in [0, 0.05) is 11.4 Å². The van der Waals surface area contributed by atoms with Gasteiger partial charge in [0.1, 0.15) is 11.5 Å². The van der Waals surface area contributed by atoms with Crippen molar-refractivity contribution in [1.82, 2.24) is 0 Å². The molecule has 25 heavy (non-hydrogen) atoms. The predicted octanol–water partition coefficient (Wildman–Crippen LogP) is 4.19. The third-order valence-electron chi connectivity index (χ3n) is 3.22. The number of anilines is 1. The van der Waals surface area contributed by atoms with Crippen LogP contribution in [0.15, 0.2) is 36.4 Å². The molecule has 2 aromatic carbocycles. The second-order valence-corrected chi connectivity index (χ2v) is 5.96. The molecule has 1 amide bonds. The van der Waals surface area contributed by atoms with Crippen LogP contribution in [0.4, 0.5) is 5.69 Å². The first-order valence-corrected chi connectivity index (χ1v) is 8.06. The molecule has 2 aromatic rings. The number of amides is 1. The summed E-state index contributed by atoms with van der Waals surface area (Å²) >= 11 is 11.8. The van der Waals surface area contributed by atoms with E-state index in [1.807, 2.05) is 0 Å². The molecule has 6 nitrogen and oxygen atoms in total. The van der Waals surface area contributed by atoms with Crippen molar-refractivity contribution in [2.75, 3.05) is 11.9 Å². The average molecular weight is 384 g/mol. The highest BCUT2D eigenvalue weighted by molar-refractivity contribution is 6.35. The molecule has 3 N–H and O–H groups in total. The van der Waals surface area contributed by atoms with E-state index in [9.17, 15) is 14.7 Å². The van der Waals surface area contributed by atoms with Crippen LogP contribution in [0, 0.1) is 0 Å². The Hall–Kier alpha value is -2.44. The number of carboxylic acids is 1. The Morgan fingerprint density at radius 2 is 1.88 bits per heavy atom. The zero-order valence-electron chi connectivity index (χ0n) is 13.0. The molecular formula is C17H15Cl2NO5. The topological polar surface area (TPSA) is 95.9 Å². The van der Waals surface area contributed by atoms with E-state index in [-0.39, 0.29) is 35.9 Å². The molecule has 0 bridgehead atoms. The van der Waals surface area contributed by atoms with Crippen molar-refractivity contribution in [1.29, 1.82) is 0 Å². The van der Waals surface area contributed by atoms with Gasteiger partial charge in [0.2, 0.25) is 5.91 Å². The minimum Gasteiger partial charge on any atom is -0.506 e. The van der Waals surface area contributed by atoms with Crippen LogP contribution >= 0.6 is 23.2 Å². The molecule has 0 atom stereocenters. The number of carbonyl (C=O) groups excluding carboxylic acids is 1. The summed E-state index contributed by atoms with van der Waals surface area (Å²) in [6.07, 6.45) is 0.587. The number of carbonyl (C=O) groups is 2. The summed E-state index contributed by atoms with van der Waals surface area (Å²) in [5.41, 5.74) is 0.0837. The van der Waals surface area contributed by atoms with Crippen LogP contribution in [0.5, 0.6) is 11.5 Å². The molecule has 0 heterocycles. The fourth-order valence-electron chi connectivity index (χ4n) is 1.99. The van der Waals surface area contributed by atoms with E-state index >= 15 is 0 Å². The Labute approximate surface area is 153 Å². The minimum absolute atomic E-state index is 0.0660. The van der Waals surface area contributed by atoms with Crippen molar-refractivity contribution in [3.05, 3.63) is 52.0 Å². The molecule has 0 saturated heterocycles. The number of aromatic hydroxyl groups is 1. The van der Waals surface area contributed by atoms with Crippen LogP contribution in [0.1, 0.15) is 23.2 Å². The summed E-state index contributed by atoms with van der Waals surface area (Å²) in [5, 5.41) is 22.0. The van der Waals surface area contributed by atoms with Crippen LogP contribution in [0.2, 0.25) is 10.0 Å². The molecule has 0 unspecified atom stereocenters. The molecule has 0 radical (unpaired) electrons. The fourth-order valence-corrected chi connectivity index (χ4v) is 2.45. The van der Waals surface area contributed by atoms with Crippen molar-refractivity contribution in [3.8, 4) is 11.5 Å². The zero-order valence-corrected chi connectivity index (χ0v) is 14.5.